The second kappa shape index (κ2) is 6.55. The molecular formula is C20H40N2. The lowest BCUT2D eigenvalue weighted by Gasteiger charge is -2.60. The Labute approximate surface area is 139 Å². The highest BCUT2D eigenvalue weighted by molar-refractivity contribution is 5.26. The fourth-order valence-electron chi connectivity index (χ4n) is 5.15. The summed E-state index contributed by atoms with van der Waals surface area (Å²) in [7, 11) is 0. The van der Waals surface area contributed by atoms with Crippen LogP contribution in [-0.4, -0.2) is 6.04 Å². The van der Waals surface area contributed by atoms with Crippen LogP contribution in [0.25, 0.3) is 0 Å². The van der Waals surface area contributed by atoms with Gasteiger partial charge in [0.25, 0.3) is 0 Å². The molecule has 0 heterocycles. The Balaban J connectivity index is 3.56. The van der Waals surface area contributed by atoms with Crippen LogP contribution in [0.1, 0.15) is 81.1 Å². The van der Waals surface area contributed by atoms with Crippen LogP contribution in [0.15, 0.2) is 11.8 Å². The first-order valence-electron chi connectivity index (χ1n) is 9.26. The van der Waals surface area contributed by atoms with Gasteiger partial charge in [0, 0.05) is 17.2 Å². The molecule has 1 aliphatic carbocycles. The highest BCUT2D eigenvalue weighted by Crippen LogP contribution is 2.61. The summed E-state index contributed by atoms with van der Waals surface area (Å²) in [5.41, 5.74) is 14.7. The van der Waals surface area contributed by atoms with E-state index in [4.69, 9.17) is 11.5 Å². The monoisotopic (exact) mass is 308 g/mol. The molecular weight excluding hydrogens is 268 g/mol. The van der Waals surface area contributed by atoms with Crippen molar-refractivity contribution in [3.8, 4) is 0 Å². The van der Waals surface area contributed by atoms with Gasteiger partial charge in [0.15, 0.2) is 0 Å². The predicted octanol–water partition coefficient (Wildman–Crippen LogP) is 5.08. The summed E-state index contributed by atoms with van der Waals surface area (Å²) in [6.07, 6.45) is 6.76. The summed E-state index contributed by atoms with van der Waals surface area (Å²) < 4.78 is 0. The van der Waals surface area contributed by atoms with Crippen molar-refractivity contribution in [2.24, 2.45) is 39.5 Å². The largest absolute Gasteiger partial charge is 0.402 e. The highest BCUT2D eigenvalue weighted by Gasteiger charge is 2.57. The Morgan fingerprint density at radius 3 is 2.00 bits per heavy atom. The van der Waals surface area contributed by atoms with Crippen LogP contribution < -0.4 is 11.5 Å². The summed E-state index contributed by atoms with van der Waals surface area (Å²) in [5.74, 6) is 1.17. The molecule has 0 bridgehead atoms. The van der Waals surface area contributed by atoms with Crippen LogP contribution in [0.4, 0.5) is 0 Å². The number of rotatable bonds is 5. The van der Waals surface area contributed by atoms with E-state index in [1.165, 1.54) is 12.8 Å². The fourth-order valence-corrected chi connectivity index (χ4v) is 5.15. The molecule has 5 unspecified atom stereocenters. The van der Waals surface area contributed by atoms with Crippen molar-refractivity contribution in [3.63, 3.8) is 0 Å². The molecule has 0 fully saturated rings. The van der Waals surface area contributed by atoms with Gasteiger partial charge >= 0.3 is 0 Å². The van der Waals surface area contributed by atoms with Crippen molar-refractivity contribution >= 4 is 0 Å². The van der Waals surface area contributed by atoms with E-state index in [0.717, 1.165) is 18.5 Å². The van der Waals surface area contributed by atoms with Crippen molar-refractivity contribution < 1.29 is 0 Å². The number of allylic oxidation sites excluding steroid dienone is 1. The van der Waals surface area contributed by atoms with Crippen LogP contribution in [0.5, 0.6) is 0 Å². The summed E-state index contributed by atoms with van der Waals surface area (Å²) in [6.45, 7) is 18.7. The summed E-state index contributed by atoms with van der Waals surface area (Å²) in [4.78, 5) is 0. The average Bonchev–Trinajstić information content (AvgIpc) is 2.45. The number of hydrogen-bond acceptors (Lipinski definition) is 2. The van der Waals surface area contributed by atoms with Crippen LogP contribution in [-0.2, 0) is 0 Å². The van der Waals surface area contributed by atoms with Crippen LogP contribution in [0.2, 0.25) is 0 Å². The number of nitrogens with two attached hydrogens (primary N) is 2. The van der Waals surface area contributed by atoms with Gasteiger partial charge in [-0.25, -0.2) is 0 Å². The zero-order valence-corrected chi connectivity index (χ0v) is 16.3. The zero-order chi connectivity index (χ0) is 17.3. The van der Waals surface area contributed by atoms with E-state index in [9.17, 15) is 0 Å². The van der Waals surface area contributed by atoms with Crippen molar-refractivity contribution in [1.82, 2.24) is 0 Å². The molecule has 2 nitrogen and oxygen atoms in total. The normalized spacial score (nSPS) is 35.9. The Hall–Kier alpha value is -0.500. The van der Waals surface area contributed by atoms with Gasteiger partial charge in [-0.15, -0.1) is 0 Å². The van der Waals surface area contributed by atoms with Gasteiger partial charge in [-0.3, -0.25) is 0 Å². The van der Waals surface area contributed by atoms with Crippen molar-refractivity contribution in [1.29, 1.82) is 0 Å². The van der Waals surface area contributed by atoms with E-state index in [0.29, 0.717) is 11.8 Å². The topological polar surface area (TPSA) is 52.0 Å². The molecule has 4 N–H and O–H groups in total. The molecule has 1 rings (SSSR count). The molecule has 0 saturated heterocycles. The molecule has 0 spiro atoms. The molecule has 22 heavy (non-hydrogen) atoms. The fraction of sp³-hybridized carbons (Fsp3) is 0.900. The molecule has 5 atom stereocenters. The lowest BCUT2D eigenvalue weighted by molar-refractivity contribution is -0.0586. The predicted molar refractivity (Wildman–Crippen MR) is 98.4 cm³/mol. The second-order valence-corrected chi connectivity index (χ2v) is 8.74. The second-order valence-electron chi connectivity index (χ2n) is 8.74. The molecule has 0 aliphatic heterocycles. The maximum absolute atomic E-state index is 6.73. The van der Waals surface area contributed by atoms with Crippen molar-refractivity contribution in [3.05, 3.63) is 11.8 Å². The summed E-state index contributed by atoms with van der Waals surface area (Å²) in [5, 5.41) is 0. The van der Waals surface area contributed by atoms with Gasteiger partial charge in [0.05, 0.1) is 0 Å². The smallest absolute Gasteiger partial charge is 0.0308 e. The molecule has 130 valence electrons. The Bertz CT molecular complexity index is 406. The lowest BCUT2D eigenvalue weighted by Crippen LogP contribution is -2.60. The van der Waals surface area contributed by atoms with E-state index in [2.05, 4.69) is 61.5 Å². The van der Waals surface area contributed by atoms with Gasteiger partial charge in [0.2, 0.25) is 0 Å². The molecule has 1 aliphatic rings. The standard InChI is InChI=1S/C20H40N2/c1-9-14(4)19(11-3)13-20(15(5)10-2,18(6,7)8)17(22)12-16(19)21/h12,14-15,17H,9-11,13,21-22H2,1-8H3. The first-order valence-corrected chi connectivity index (χ1v) is 9.26. The third-order valence-electron chi connectivity index (χ3n) is 7.21. The Kier molecular flexibility index (Phi) is 5.82. The SMILES string of the molecule is CCC(C)C1(CC)CC(C(C)CC)(C(C)(C)C)C(N)C=C1N. The van der Waals surface area contributed by atoms with Crippen molar-refractivity contribution in [2.75, 3.05) is 0 Å². The van der Waals surface area contributed by atoms with Crippen molar-refractivity contribution in [2.45, 2.75) is 87.1 Å². The van der Waals surface area contributed by atoms with Crippen LogP contribution in [0.3, 0.4) is 0 Å². The minimum atomic E-state index is 0.0474. The molecule has 0 amide bonds. The maximum Gasteiger partial charge on any atom is 0.0308 e. The van der Waals surface area contributed by atoms with E-state index < -0.39 is 0 Å². The molecule has 0 aromatic carbocycles. The van der Waals surface area contributed by atoms with Gasteiger partial charge in [-0.05, 0) is 41.6 Å². The third-order valence-corrected chi connectivity index (χ3v) is 7.21. The van der Waals surface area contributed by atoms with E-state index in [-0.39, 0.29) is 22.3 Å². The first-order chi connectivity index (χ1) is 10.0. The van der Waals surface area contributed by atoms with Gasteiger partial charge in [-0.1, -0.05) is 68.2 Å². The van der Waals surface area contributed by atoms with E-state index in [1.807, 2.05) is 0 Å². The zero-order valence-electron chi connectivity index (χ0n) is 16.3. The first kappa shape index (κ1) is 19.5. The lowest BCUT2D eigenvalue weighted by atomic mass is 9.46. The average molecular weight is 309 g/mol. The molecule has 0 saturated carbocycles. The summed E-state index contributed by atoms with van der Waals surface area (Å²) >= 11 is 0. The van der Waals surface area contributed by atoms with Gasteiger partial charge < -0.3 is 11.5 Å². The van der Waals surface area contributed by atoms with Gasteiger partial charge in [0.1, 0.15) is 0 Å². The molecule has 0 aromatic rings. The Morgan fingerprint density at radius 1 is 1.14 bits per heavy atom. The van der Waals surface area contributed by atoms with E-state index in [1.54, 1.807) is 0 Å². The number of hydrogen-bond donors (Lipinski definition) is 2. The van der Waals surface area contributed by atoms with Crippen LogP contribution in [0, 0.1) is 28.1 Å². The third kappa shape index (κ3) is 2.72. The molecule has 0 radical (unpaired) electrons. The molecule has 2 heteroatoms. The minimum Gasteiger partial charge on any atom is -0.402 e. The minimum absolute atomic E-state index is 0.0474. The summed E-state index contributed by atoms with van der Waals surface area (Å²) in [6, 6.07) is 0.0474. The maximum atomic E-state index is 6.73. The van der Waals surface area contributed by atoms with E-state index >= 15 is 0 Å². The van der Waals surface area contributed by atoms with Crippen LogP contribution >= 0.6 is 0 Å². The molecule has 0 aromatic heterocycles. The Morgan fingerprint density at radius 2 is 1.64 bits per heavy atom. The highest BCUT2D eigenvalue weighted by atomic mass is 14.8. The van der Waals surface area contributed by atoms with Gasteiger partial charge in [-0.2, -0.15) is 0 Å². The quantitative estimate of drug-likeness (QED) is 0.744.